The van der Waals surface area contributed by atoms with Gasteiger partial charge in [-0.3, -0.25) is 28.8 Å². The minimum atomic E-state index is -1.81. The fourth-order valence-electron chi connectivity index (χ4n) is 4.64. The van der Waals surface area contributed by atoms with Crippen molar-refractivity contribution >= 4 is 41.5 Å². The number of amides is 5. The van der Waals surface area contributed by atoms with E-state index < -0.39 is 84.5 Å². The molecule has 17 nitrogen and oxygen atoms in total. The highest BCUT2D eigenvalue weighted by Gasteiger charge is 2.34. The van der Waals surface area contributed by atoms with Crippen LogP contribution in [0.3, 0.4) is 0 Å². The molecule has 0 spiro atoms. The second kappa shape index (κ2) is 18.6. The van der Waals surface area contributed by atoms with Crippen molar-refractivity contribution in [3.05, 3.63) is 59.7 Å². The SMILES string of the molecule is CC(C)CC(NC(=O)C(N)Cc1ccc(O)cc1)C(=O)NC(CC(=O)O)C(=O)NC(CC(N)=O)C(=O)NC(Cc1ccc(O)cc1)C(=O)O. The summed E-state index contributed by atoms with van der Waals surface area (Å²) in [5.74, 6) is -8.24. The third-order valence-corrected chi connectivity index (χ3v) is 7.11. The summed E-state index contributed by atoms with van der Waals surface area (Å²) in [6.45, 7) is 3.51. The van der Waals surface area contributed by atoms with Crippen molar-refractivity contribution in [3.8, 4) is 11.5 Å². The molecule has 2 aromatic rings. The normalized spacial score (nSPS) is 14.0. The largest absolute Gasteiger partial charge is 0.508 e. The molecular formula is C32H42N6O11. The second-order valence-corrected chi connectivity index (χ2v) is 11.8. The smallest absolute Gasteiger partial charge is 0.326 e. The number of rotatable bonds is 19. The maximum Gasteiger partial charge on any atom is 0.326 e. The number of hydrogen-bond acceptors (Lipinski definition) is 10. The van der Waals surface area contributed by atoms with Gasteiger partial charge in [0.15, 0.2) is 0 Å². The molecule has 0 fully saturated rings. The van der Waals surface area contributed by atoms with E-state index in [0.717, 1.165) is 0 Å². The molecule has 0 aromatic heterocycles. The van der Waals surface area contributed by atoms with E-state index in [9.17, 15) is 54.0 Å². The van der Waals surface area contributed by atoms with Crippen molar-refractivity contribution in [1.82, 2.24) is 21.3 Å². The van der Waals surface area contributed by atoms with Gasteiger partial charge in [0, 0.05) is 6.42 Å². The third-order valence-electron chi connectivity index (χ3n) is 7.11. The van der Waals surface area contributed by atoms with E-state index in [1.807, 2.05) is 0 Å². The van der Waals surface area contributed by atoms with E-state index in [1.165, 1.54) is 36.4 Å². The second-order valence-electron chi connectivity index (χ2n) is 11.8. The highest BCUT2D eigenvalue weighted by atomic mass is 16.4. The lowest BCUT2D eigenvalue weighted by molar-refractivity contribution is -0.143. The van der Waals surface area contributed by atoms with Crippen molar-refractivity contribution in [1.29, 1.82) is 0 Å². The highest BCUT2D eigenvalue weighted by molar-refractivity contribution is 5.98. The van der Waals surface area contributed by atoms with Crippen LogP contribution in [-0.4, -0.2) is 92.1 Å². The number of primary amides is 1. The fraction of sp³-hybridized carbons (Fsp3) is 0.406. The number of hydrogen-bond donors (Lipinski definition) is 10. The molecule has 0 aliphatic carbocycles. The van der Waals surface area contributed by atoms with Crippen molar-refractivity contribution in [3.63, 3.8) is 0 Å². The van der Waals surface area contributed by atoms with Gasteiger partial charge in [0.2, 0.25) is 29.5 Å². The molecule has 5 atom stereocenters. The minimum absolute atomic E-state index is 0.0204. The van der Waals surface area contributed by atoms with Crippen LogP contribution in [0.5, 0.6) is 11.5 Å². The van der Waals surface area contributed by atoms with Crippen molar-refractivity contribution < 1.29 is 54.0 Å². The Morgan fingerprint density at radius 1 is 0.612 bits per heavy atom. The number of aliphatic carboxylic acids is 2. The van der Waals surface area contributed by atoms with Gasteiger partial charge in [-0.05, 0) is 54.2 Å². The van der Waals surface area contributed by atoms with Crippen LogP contribution >= 0.6 is 0 Å². The maximum absolute atomic E-state index is 13.3. The van der Waals surface area contributed by atoms with Gasteiger partial charge in [-0.25, -0.2) is 4.79 Å². The van der Waals surface area contributed by atoms with Crippen LogP contribution in [0, 0.1) is 5.92 Å². The quantitative estimate of drug-likeness (QED) is 0.0819. The number of benzene rings is 2. The Morgan fingerprint density at radius 2 is 1.02 bits per heavy atom. The zero-order chi connectivity index (χ0) is 36.8. The van der Waals surface area contributed by atoms with Gasteiger partial charge < -0.3 is 53.2 Å². The van der Waals surface area contributed by atoms with Crippen LogP contribution in [0.2, 0.25) is 0 Å². The first-order chi connectivity index (χ1) is 22.9. The van der Waals surface area contributed by atoms with Crippen molar-refractivity contribution in [2.24, 2.45) is 17.4 Å². The van der Waals surface area contributed by atoms with E-state index in [0.29, 0.717) is 11.1 Å². The van der Waals surface area contributed by atoms with E-state index in [1.54, 1.807) is 26.0 Å². The summed E-state index contributed by atoms with van der Waals surface area (Å²) in [4.78, 5) is 87.9. The summed E-state index contributed by atoms with van der Waals surface area (Å²) >= 11 is 0. The summed E-state index contributed by atoms with van der Waals surface area (Å²) in [6.07, 6.45) is -1.88. The van der Waals surface area contributed by atoms with Gasteiger partial charge in [-0.2, -0.15) is 0 Å². The van der Waals surface area contributed by atoms with Gasteiger partial charge in [0.1, 0.15) is 35.7 Å². The Labute approximate surface area is 281 Å². The Morgan fingerprint density at radius 3 is 1.45 bits per heavy atom. The lowest BCUT2D eigenvalue weighted by atomic mass is 10.0. The summed E-state index contributed by atoms with van der Waals surface area (Å²) < 4.78 is 0. The molecule has 0 radical (unpaired) electrons. The molecule has 5 unspecified atom stereocenters. The average Bonchev–Trinajstić information content (AvgIpc) is 3.00. The van der Waals surface area contributed by atoms with Crippen LogP contribution in [0.15, 0.2) is 48.5 Å². The minimum Gasteiger partial charge on any atom is -0.508 e. The summed E-state index contributed by atoms with van der Waals surface area (Å²) in [5, 5.41) is 47.2. The predicted molar refractivity (Wildman–Crippen MR) is 172 cm³/mol. The number of aromatic hydroxyl groups is 2. The highest BCUT2D eigenvalue weighted by Crippen LogP contribution is 2.13. The van der Waals surface area contributed by atoms with Crippen LogP contribution in [-0.2, 0) is 46.4 Å². The predicted octanol–water partition coefficient (Wildman–Crippen LogP) is -1.37. The number of phenols is 2. The molecule has 0 saturated heterocycles. The molecule has 0 heterocycles. The van der Waals surface area contributed by atoms with E-state index in [4.69, 9.17) is 11.5 Å². The first-order valence-corrected chi connectivity index (χ1v) is 15.2. The van der Waals surface area contributed by atoms with Crippen LogP contribution in [0.25, 0.3) is 0 Å². The molecule has 0 saturated carbocycles. The molecular weight excluding hydrogens is 644 g/mol. The Kier molecular flexibility index (Phi) is 15.0. The van der Waals surface area contributed by atoms with E-state index in [-0.39, 0.29) is 36.7 Å². The van der Waals surface area contributed by atoms with Gasteiger partial charge in [0.05, 0.1) is 18.9 Å². The number of phenolic OH excluding ortho intramolecular Hbond substituents is 2. The van der Waals surface area contributed by atoms with Crippen molar-refractivity contribution in [2.75, 3.05) is 0 Å². The third kappa shape index (κ3) is 13.9. The first kappa shape index (κ1) is 39.5. The topological polar surface area (TPSA) is 301 Å². The monoisotopic (exact) mass is 686 g/mol. The lowest BCUT2D eigenvalue weighted by Crippen LogP contribution is -2.59. The number of carbonyl (C=O) groups excluding carboxylic acids is 5. The molecule has 17 heteroatoms. The van der Waals surface area contributed by atoms with E-state index >= 15 is 0 Å². The summed E-state index contributed by atoms with van der Waals surface area (Å²) in [6, 6.07) is 3.98. The Balaban J connectivity index is 2.20. The number of nitrogens with one attached hydrogen (secondary N) is 4. The van der Waals surface area contributed by atoms with E-state index in [2.05, 4.69) is 21.3 Å². The average molecular weight is 687 g/mol. The number of carbonyl (C=O) groups is 7. The summed E-state index contributed by atoms with van der Waals surface area (Å²) in [7, 11) is 0. The molecule has 12 N–H and O–H groups in total. The van der Waals surface area contributed by atoms with Crippen LogP contribution in [0.1, 0.15) is 44.2 Å². The Hall–Kier alpha value is -5.71. The summed E-state index contributed by atoms with van der Waals surface area (Å²) in [5.41, 5.74) is 12.3. The zero-order valence-electron chi connectivity index (χ0n) is 26.9. The lowest BCUT2D eigenvalue weighted by Gasteiger charge is -2.26. The molecule has 49 heavy (non-hydrogen) atoms. The standard InChI is InChI=1S/C32H42N6O11/c1-16(2)11-22(35-28(44)21(33)12-17-3-7-19(39)8-4-17)29(45)37-24(15-27(42)43)31(47)36-23(14-26(34)41)30(46)38-25(32(48)49)13-18-5-9-20(40)10-6-18/h3-10,16,21-25,39-40H,11-15,33H2,1-2H3,(H2,34,41)(H,35,44)(H,36,47)(H,37,45)(H,38,46)(H,42,43)(H,48,49). The first-order valence-electron chi connectivity index (χ1n) is 15.2. The number of carboxylic acids is 2. The van der Waals surface area contributed by atoms with Crippen LogP contribution < -0.4 is 32.7 Å². The van der Waals surface area contributed by atoms with Gasteiger partial charge >= 0.3 is 11.9 Å². The van der Waals surface area contributed by atoms with Gasteiger partial charge in [-0.15, -0.1) is 0 Å². The van der Waals surface area contributed by atoms with Gasteiger partial charge in [-0.1, -0.05) is 38.1 Å². The van der Waals surface area contributed by atoms with Gasteiger partial charge in [0.25, 0.3) is 0 Å². The zero-order valence-corrected chi connectivity index (χ0v) is 26.9. The molecule has 0 aliphatic heterocycles. The van der Waals surface area contributed by atoms with Crippen LogP contribution in [0.4, 0.5) is 0 Å². The molecule has 266 valence electrons. The molecule has 2 rings (SSSR count). The maximum atomic E-state index is 13.3. The molecule has 0 bridgehead atoms. The molecule has 0 aliphatic rings. The number of nitrogens with two attached hydrogens (primary N) is 2. The molecule has 2 aromatic carbocycles. The number of carboxylic acid groups (broad SMARTS) is 2. The Bertz CT molecular complexity index is 1500. The molecule has 5 amide bonds. The fourth-order valence-corrected chi connectivity index (χ4v) is 4.64. The van der Waals surface area contributed by atoms with Crippen molar-refractivity contribution in [2.45, 2.75) is 76.2 Å².